The lowest BCUT2D eigenvalue weighted by Crippen LogP contribution is -2.31. The van der Waals surface area contributed by atoms with E-state index >= 15 is 0 Å². The van der Waals surface area contributed by atoms with Gasteiger partial charge in [-0.3, -0.25) is 4.98 Å². The third kappa shape index (κ3) is 2.49. The molecule has 1 aromatic rings. The van der Waals surface area contributed by atoms with Crippen molar-refractivity contribution in [3.63, 3.8) is 0 Å². The van der Waals surface area contributed by atoms with Crippen molar-refractivity contribution in [2.24, 2.45) is 0 Å². The molecule has 1 N–H and O–H groups in total. The number of nitrogens with one attached hydrogen (secondary N) is 1. The molecule has 3 heteroatoms. The topological polar surface area (TPSA) is 24.9 Å². The highest BCUT2D eigenvalue weighted by Gasteiger charge is 2.18. The van der Waals surface area contributed by atoms with E-state index in [1.807, 2.05) is 30.1 Å². The molecule has 2 nitrogen and oxygen atoms in total. The van der Waals surface area contributed by atoms with Crippen molar-refractivity contribution in [2.45, 2.75) is 25.4 Å². The summed E-state index contributed by atoms with van der Waals surface area (Å²) in [4.78, 5) is 4.35. The third-order valence-corrected chi connectivity index (χ3v) is 3.71. The first-order valence-electron chi connectivity index (χ1n) is 5.11. The average Bonchev–Trinajstić information content (AvgIpc) is 2.72. The zero-order valence-corrected chi connectivity index (χ0v) is 9.26. The molecule has 0 aromatic carbocycles. The van der Waals surface area contributed by atoms with Gasteiger partial charge in [-0.2, -0.15) is 11.8 Å². The first-order valence-corrected chi connectivity index (χ1v) is 6.26. The molecule has 0 spiro atoms. The van der Waals surface area contributed by atoms with Crippen LogP contribution in [-0.2, 0) is 0 Å². The minimum absolute atomic E-state index is 0.375. The molecule has 2 atom stereocenters. The number of thioether (sulfide) groups is 1. The fraction of sp³-hybridized carbons (Fsp3) is 0.545. The Morgan fingerprint density at radius 3 is 3.14 bits per heavy atom. The minimum atomic E-state index is 0.375. The van der Waals surface area contributed by atoms with Crippen molar-refractivity contribution in [3.8, 4) is 0 Å². The maximum Gasteiger partial charge on any atom is 0.0570 e. The van der Waals surface area contributed by atoms with Crippen LogP contribution < -0.4 is 5.32 Å². The maximum atomic E-state index is 4.35. The first kappa shape index (κ1) is 9.99. The van der Waals surface area contributed by atoms with Crippen LogP contribution in [0.4, 0.5) is 0 Å². The van der Waals surface area contributed by atoms with E-state index in [2.05, 4.69) is 23.3 Å². The van der Waals surface area contributed by atoms with E-state index in [1.54, 1.807) is 0 Å². The standard InChI is InChI=1S/C11H16N2S/c1-9(11-4-2-3-6-12-11)13-10-5-7-14-8-10/h2-4,6,9-10,13H,5,7-8H2,1H3. The predicted octanol–water partition coefficient (Wildman–Crippen LogP) is 2.24. The fourth-order valence-corrected chi connectivity index (χ4v) is 2.90. The molecule has 76 valence electrons. The van der Waals surface area contributed by atoms with Crippen LogP contribution in [0.1, 0.15) is 25.1 Å². The van der Waals surface area contributed by atoms with Gasteiger partial charge in [-0.05, 0) is 31.2 Å². The summed E-state index contributed by atoms with van der Waals surface area (Å²) >= 11 is 2.04. The Kier molecular flexibility index (Phi) is 3.43. The molecular weight excluding hydrogens is 192 g/mol. The molecular formula is C11H16N2S. The highest BCUT2D eigenvalue weighted by molar-refractivity contribution is 7.99. The number of rotatable bonds is 3. The average molecular weight is 208 g/mol. The van der Waals surface area contributed by atoms with Gasteiger partial charge in [-0.15, -0.1) is 0 Å². The molecule has 0 radical (unpaired) electrons. The first-order chi connectivity index (χ1) is 6.86. The molecule has 0 amide bonds. The van der Waals surface area contributed by atoms with Gasteiger partial charge in [0, 0.05) is 24.0 Å². The van der Waals surface area contributed by atoms with Gasteiger partial charge in [0.2, 0.25) is 0 Å². The molecule has 0 saturated carbocycles. The summed E-state index contributed by atoms with van der Waals surface area (Å²) in [5.41, 5.74) is 1.14. The summed E-state index contributed by atoms with van der Waals surface area (Å²) in [7, 11) is 0. The summed E-state index contributed by atoms with van der Waals surface area (Å²) < 4.78 is 0. The van der Waals surface area contributed by atoms with Crippen LogP contribution in [-0.4, -0.2) is 22.5 Å². The lowest BCUT2D eigenvalue weighted by Gasteiger charge is -2.17. The van der Waals surface area contributed by atoms with Gasteiger partial charge in [-0.1, -0.05) is 6.07 Å². The summed E-state index contributed by atoms with van der Waals surface area (Å²) in [6.07, 6.45) is 3.15. The summed E-state index contributed by atoms with van der Waals surface area (Å²) in [6.45, 7) is 2.19. The van der Waals surface area contributed by atoms with Crippen molar-refractivity contribution in [1.29, 1.82) is 0 Å². The second-order valence-corrected chi connectivity index (χ2v) is 4.85. The summed E-state index contributed by atoms with van der Waals surface area (Å²) in [5, 5.41) is 3.61. The van der Waals surface area contributed by atoms with Crippen molar-refractivity contribution in [2.75, 3.05) is 11.5 Å². The van der Waals surface area contributed by atoms with Crippen LogP contribution in [0.15, 0.2) is 24.4 Å². The van der Waals surface area contributed by atoms with E-state index in [0.717, 1.165) is 5.69 Å². The van der Waals surface area contributed by atoms with E-state index < -0.39 is 0 Å². The third-order valence-electron chi connectivity index (χ3n) is 2.55. The van der Waals surface area contributed by atoms with Crippen LogP contribution in [0.3, 0.4) is 0 Å². The Balaban J connectivity index is 1.92. The van der Waals surface area contributed by atoms with Crippen molar-refractivity contribution < 1.29 is 0 Å². The summed E-state index contributed by atoms with van der Waals surface area (Å²) in [5.74, 6) is 2.55. The molecule has 14 heavy (non-hydrogen) atoms. The van der Waals surface area contributed by atoms with E-state index in [1.165, 1.54) is 17.9 Å². The largest absolute Gasteiger partial charge is 0.305 e. The quantitative estimate of drug-likeness (QED) is 0.824. The van der Waals surface area contributed by atoms with Crippen molar-refractivity contribution >= 4 is 11.8 Å². The molecule has 0 aliphatic carbocycles. The molecule has 2 rings (SSSR count). The Morgan fingerprint density at radius 2 is 2.50 bits per heavy atom. The second kappa shape index (κ2) is 4.80. The van der Waals surface area contributed by atoms with Gasteiger partial charge < -0.3 is 5.32 Å². The van der Waals surface area contributed by atoms with Gasteiger partial charge in [0.25, 0.3) is 0 Å². The van der Waals surface area contributed by atoms with Gasteiger partial charge in [0.1, 0.15) is 0 Å². The van der Waals surface area contributed by atoms with E-state index in [0.29, 0.717) is 12.1 Å². The number of hydrogen-bond acceptors (Lipinski definition) is 3. The number of aromatic nitrogens is 1. The molecule has 2 heterocycles. The van der Waals surface area contributed by atoms with Gasteiger partial charge in [-0.25, -0.2) is 0 Å². The molecule has 0 bridgehead atoms. The van der Waals surface area contributed by atoms with Crippen molar-refractivity contribution in [1.82, 2.24) is 10.3 Å². The molecule has 1 aliphatic heterocycles. The normalized spacial score (nSPS) is 23.6. The molecule has 1 fully saturated rings. The Bertz CT molecular complexity index is 270. The minimum Gasteiger partial charge on any atom is -0.305 e. The van der Waals surface area contributed by atoms with E-state index in [9.17, 15) is 0 Å². The zero-order chi connectivity index (χ0) is 9.80. The Morgan fingerprint density at radius 1 is 1.57 bits per heavy atom. The van der Waals surface area contributed by atoms with Crippen LogP contribution in [0.2, 0.25) is 0 Å². The zero-order valence-electron chi connectivity index (χ0n) is 8.44. The molecule has 2 unspecified atom stereocenters. The summed E-state index contributed by atoms with van der Waals surface area (Å²) in [6, 6.07) is 7.14. The fourth-order valence-electron chi connectivity index (χ4n) is 1.74. The number of nitrogens with zero attached hydrogens (tertiary/aromatic N) is 1. The van der Waals surface area contributed by atoms with Gasteiger partial charge in [0.15, 0.2) is 0 Å². The number of hydrogen-bond donors (Lipinski definition) is 1. The Labute approximate surface area is 89.5 Å². The maximum absolute atomic E-state index is 4.35. The van der Waals surface area contributed by atoms with Crippen molar-refractivity contribution in [3.05, 3.63) is 30.1 Å². The second-order valence-electron chi connectivity index (χ2n) is 3.70. The highest BCUT2D eigenvalue weighted by Crippen LogP contribution is 2.20. The van der Waals surface area contributed by atoms with Gasteiger partial charge >= 0.3 is 0 Å². The SMILES string of the molecule is CC(NC1CCSC1)c1ccccn1. The highest BCUT2D eigenvalue weighted by atomic mass is 32.2. The number of pyridine rings is 1. The lowest BCUT2D eigenvalue weighted by molar-refractivity contribution is 0.478. The van der Waals surface area contributed by atoms with Crippen LogP contribution >= 0.6 is 11.8 Å². The molecule has 1 aliphatic rings. The van der Waals surface area contributed by atoms with E-state index in [-0.39, 0.29) is 0 Å². The smallest absolute Gasteiger partial charge is 0.0570 e. The van der Waals surface area contributed by atoms with Crippen LogP contribution in [0.5, 0.6) is 0 Å². The Hall–Kier alpha value is -0.540. The molecule has 1 saturated heterocycles. The van der Waals surface area contributed by atoms with Crippen LogP contribution in [0.25, 0.3) is 0 Å². The lowest BCUT2D eigenvalue weighted by atomic mass is 10.1. The monoisotopic (exact) mass is 208 g/mol. The molecule has 1 aromatic heterocycles. The van der Waals surface area contributed by atoms with Crippen LogP contribution in [0, 0.1) is 0 Å². The van der Waals surface area contributed by atoms with E-state index in [4.69, 9.17) is 0 Å². The predicted molar refractivity (Wildman–Crippen MR) is 61.5 cm³/mol. The van der Waals surface area contributed by atoms with Gasteiger partial charge in [0.05, 0.1) is 5.69 Å².